The average Bonchev–Trinajstić information content (AvgIpc) is 3.06. The first-order valence-electron chi connectivity index (χ1n) is 6.73. The molecule has 1 amide bonds. The minimum absolute atomic E-state index is 0.0159. The van der Waals surface area contributed by atoms with Gasteiger partial charge in [-0.15, -0.1) is 10.2 Å². The zero-order valence-electron chi connectivity index (χ0n) is 11.6. The summed E-state index contributed by atoms with van der Waals surface area (Å²) in [6.07, 6.45) is 3.51. The number of benzene rings is 1. The van der Waals surface area contributed by atoms with Crippen molar-refractivity contribution in [2.45, 2.75) is 0 Å². The fraction of sp³-hybridized carbons (Fsp3) is 0. The van der Waals surface area contributed by atoms with Gasteiger partial charge in [0.2, 0.25) is 5.95 Å². The fourth-order valence-corrected chi connectivity index (χ4v) is 2.36. The van der Waals surface area contributed by atoms with Crippen LogP contribution in [-0.4, -0.2) is 30.5 Å². The van der Waals surface area contributed by atoms with Gasteiger partial charge in [0.15, 0.2) is 11.5 Å². The highest BCUT2D eigenvalue weighted by atomic mass is 19.1. The lowest BCUT2D eigenvalue weighted by atomic mass is 10.1. The Morgan fingerprint density at radius 3 is 2.78 bits per heavy atom. The molecule has 112 valence electrons. The van der Waals surface area contributed by atoms with Gasteiger partial charge in [-0.3, -0.25) is 14.5 Å². The van der Waals surface area contributed by atoms with E-state index in [0.29, 0.717) is 11.2 Å². The minimum Gasteiger partial charge on any atom is -0.290 e. The van der Waals surface area contributed by atoms with Gasteiger partial charge in [-0.25, -0.2) is 14.4 Å². The van der Waals surface area contributed by atoms with Crippen LogP contribution >= 0.6 is 0 Å². The molecule has 1 aromatic carbocycles. The van der Waals surface area contributed by atoms with E-state index < -0.39 is 11.7 Å². The molecular formula is C15H9FN6O. The average molecular weight is 308 g/mol. The van der Waals surface area contributed by atoms with Gasteiger partial charge in [0, 0.05) is 0 Å². The van der Waals surface area contributed by atoms with E-state index in [1.165, 1.54) is 0 Å². The van der Waals surface area contributed by atoms with E-state index in [9.17, 15) is 9.18 Å². The first kappa shape index (κ1) is 13.3. The highest BCUT2D eigenvalue weighted by molar-refractivity contribution is 6.09. The molecule has 0 saturated carbocycles. The Labute approximate surface area is 128 Å². The summed E-state index contributed by atoms with van der Waals surface area (Å²) in [5.74, 6) is -1.00. The molecule has 0 aliphatic heterocycles. The highest BCUT2D eigenvalue weighted by Gasteiger charge is 2.16. The summed E-state index contributed by atoms with van der Waals surface area (Å²) in [4.78, 5) is 19.9. The molecule has 3 aromatic heterocycles. The van der Waals surface area contributed by atoms with Crippen molar-refractivity contribution < 1.29 is 9.18 Å². The number of nitrogens with one attached hydrogen (secondary N) is 1. The van der Waals surface area contributed by atoms with Gasteiger partial charge < -0.3 is 0 Å². The molecule has 0 fully saturated rings. The molecule has 0 saturated heterocycles. The van der Waals surface area contributed by atoms with Crippen molar-refractivity contribution in [3.8, 4) is 0 Å². The van der Waals surface area contributed by atoms with Crippen molar-refractivity contribution in [3.63, 3.8) is 0 Å². The van der Waals surface area contributed by atoms with Crippen LogP contribution < -0.4 is 5.32 Å². The maximum atomic E-state index is 12.8. The maximum Gasteiger partial charge on any atom is 0.261 e. The van der Waals surface area contributed by atoms with Crippen molar-refractivity contribution in [3.05, 3.63) is 60.4 Å². The van der Waals surface area contributed by atoms with Crippen LogP contribution in [0.25, 0.3) is 16.6 Å². The quantitative estimate of drug-likeness (QED) is 0.612. The number of pyridine rings is 1. The molecule has 4 aromatic rings. The van der Waals surface area contributed by atoms with E-state index in [-0.39, 0.29) is 5.95 Å². The largest absolute Gasteiger partial charge is 0.290 e. The van der Waals surface area contributed by atoms with Gasteiger partial charge >= 0.3 is 0 Å². The van der Waals surface area contributed by atoms with Gasteiger partial charge in [0.25, 0.3) is 5.91 Å². The van der Waals surface area contributed by atoms with E-state index in [1.54, 1.807) is 16.8 Å². The molecule has 1 N–H and O–H groups in total. The monoisotopic (exact) mass is 308 g/mol. The lowest BCUT2D eigenvalue weighted by Gasteiger charge is -2.07. The molecule has 3 heterocycles. The lowest BCUT2D eigenvalue weighted by molar-refractivity contribution is 0.102. The summed E-state index contributed by atoms with van der Waals surface area (Å²) in [6.45, 7) is 0. The molecule has 0 atom stereocenters. The van der Waals surface area contributed by atoms with Crippen LogP contribution in [0.5, 0.6) is 0 Å². The number of carbonyl (C=O) groups excluding carboxylic acids is 1. The second-order valence-corrected chi connectivity index (χ2v) is 4.82. The fourth-order valence-electron chi connectivity index (χ4n) is 2.36. The minimum atomic E-state index is -0.575. The van der Waals surface area contributed by atoms with E-state index >= 15 is 0 Å². The number of hydrogen-bond donors (Lipinski definition) is 1. The Balaban J connectivity index is 1.81. The summed E-state index contributed by atoms with van der Waals surface area (Å²) < 4.78 is 14.6. The maximum absolute atomic E-state index is 12.8. The third-order valence-electron chi connectivity index (χ3n) is 3.38. The van der Waals surface area contributed by atoms with Gasteiger partial charge in [0.05, 0.1) is 23.5 Å². The zero-order chi connectivity index (χ0) is 15.8. The first-order chi connectivity index (χ1) is 11.2. The van der Waals surface area contributed by atoms with E-state index in [1.807, 2.05) is 24.3 Å². The van der Waals surface area contributed by atoms with Crippen LogP contribution in [0.4, 0.5) is 10.3 Å². The second-order valence-electron chi connectivity index (χ2n) is 4.82. The van der Waals surface area contributed by atoms with Crippen molar-refractivity contribution in [2.24, 2.45) is 0 Å². The third kappa shape index (κ3) is 2.26. The molecule has 4 rings (SSSR count). The molecule has 8 heteroatoms. The molecule has 0 bridgehead atoms. The smallest absolute Gasteiger partial charge is 0.261 e. The summed E-state index contributed by atoms with van der Waals surface area (Å²) in [5, 5.41) is 11.3. The van der Waals surface area contributed by atoms with Crippen LogP contribution in [-0.2, 0) is 0 Å². The number of amides is 1. The van der Waals surface area contributed by atoms with Crippen molar-refractivity contribution in [1.29, 1.82) is 0 Å². The SMILES string of the molecule is O=C(Nc1ncc(F)cn1)c1cc2ccccc2n2cnnc12. The topological polar surface area (TPSA) is 85.1 Å². The van der Waals surface area contributed by atoms with Crippen LogP contribution in [0.1, 0.15) is 10.4 Å². The van der Waals surface area contributed by atoms with E-state index in [0.717, 1.165) is 23.3 Å². The van der Waals surface area contributed by atoms with Crippen LogP contribution in [0.2, 0.25) is 0 Å². The number of carbonyl (C=O) groups is 1. The van der Waals surface area contributed by atoms with E-state index in [2.05, 4.69) is 25.5 Å². The molecular weight excluding hydrogens is 299 g/mol. The van der Waals surface area contributed by atoms with Gasteiger partial charge in [0.1, 0.15) is 6.33 Å². The van der Waals surface area contributed by atoms with Gasteiger partial charge in [-0.1, -0.05) is 18.2 Å². The Bertz CT molecular complexity index is 1030. The molecule has 0 spiro atoms. The van der Waals surface area contributed by atoms with Gasteiger partial charge in [-0.2, -0.15) is 0 Å². The predicted molar refractivity (Wildman–Crippen MR) is 80.4 cm³/mol. The molecule has 0 radical (unpaired) electrons. The second kappa shape index (κ2) is 5.09. The van der Waals surface area contributed by atoms with Crippen molar-refractivity contribution >= 4 is 28.4 Å². The molecule has 7 nitrogen and oxygen atoms in total. The predicted octanol–water partition coefficient (Wildman–Crippen LogP) is 2.06. The Morgan fingerprint density at radius 1 is 1.17 bits per heavy atom. The Kier molecular flexibility index (Phi) is 2.94. The summed E-state index contributed by atoms with van der Waals surface area (Å²) >= 11 is 0. The normalized spacial score (nSPS) is 11.0. The Morgan fingerprint density at radius 2 is 1.96 bits per heavy atom. The van der Waals surface area contributed by atoms with Crippen molar-refractivity contribution in [1.82, 2.24) is 24.6 Å². The first-order valence-corrected chi connectivity index (χ1v) is 6.73. The number of aromatic nitrogens is 5. The van der Waals surface area contributed by atoms with Crippen LogP contribution in [0, 0.1) is 5.82 Å². The Hall–Kier alpha value is -3.42. The molecule has 0 unspecified atom stereocenters. The number of rotatable bonds is 2. The van der Waals surface area contributed by atoms with E-state index in [4.69, 9.17) is 0 Å². The molecule has 23 heavy (non-hydrogen) atoms. The summed E-state index contributed by atoms with van der Waals surface area (Å²) in [5.41, 5.74) is 1.64. The van der Waals surface area contributed by atoms with Crippen LogP contribution in [0.3, 0.4) is 0 Å². The van der Waals surface area contributed by atoms with Gasteiger partial charge in [-0.05, 0) is 17.5 Å². The number of nitrogens with zero attached hydrogens (tertiary/aromatic N) is 5. The summed E-state index contributed by atoms with van der Waals surface area (Å²) in [7, 11) is 0. The summed E-state index contributed by atoms with van der Waals surface area (Å²) in [6, 6.07) is 9.30. The number of para-hydroxylation sites is 1. The van der Waals surface area contributed by atoms with Crippen molar-refractivity contribution in [2.75, 3.05) is 5.32 Å². The standard InChI is InChI=1S/C15H9FN6O/c16-10-6-17-15(18-7-10)20-14(23)11-5-9-3-1-2-4-12(9)22-8-19-21-13(11)22/h1-8H,(H,17,18,20,23). The number of fused-ring (bicyclic) bond motifs is 3. The number of halogens is 1. The number of hydrogen-bond acceptors (Lipinski definition) is 5. The van der Waals surface area contributed by atoms with Crippen LogP contribution in [0.15, 0.2) is 49.1 Å². The molecule has 0 aliphatic carbocycles. The third-order valence-corrected chi connectivity index (χ3v) is 3.38. The highest BCUT2D eigenvalue weighted by Crippen LogP contribution is 2.20. The zero-order valence-corrected chi connectivity index (χ0v) is 11.6. The molecule has 0 aliphatic rings. The lowest BCUT2D eigenvalue weighted by Crippen LogP contribution is -2.15. The number of anilines is 1.